The lowest BCUT2D eigenvalue weighted by Crippen LogP contribution is -2.29. The maximum atomic E-state index is 12.9. The van der Waals surface area contributed by atoms with Gasteiger partial charge in [-0.2, -0.15) is 0 Å². The van der Waals surface area contributed by atoms with Crippen LogP contribution in [-0.2, 0) is 22.6 Å². The van der Waals surface area contributed by atoms with Crippen molar-refractivity contribution < 1.29 is 9.53 Å². The first-order chi connectivity index (χ1) is 13.5. The van der Waals surface area contributed by atoms with E-state index in [0.29, 0.717) is 35.8 Å². The topological polar surface area (TPSA) is 64.4 Å². The molecule has 3 aromatic rings. The van der Waals surface area contributed by atoms with Gasteiger partial charge in [-0.15, -0.1) is 11.3 Å². The molecule has 0 aliphatic heterocycles. The first-order valence-corrected chi connectivity index (χ1v) is 11.2. The highest BCUT2D eigenvalue weighted by molar-refractivity contribution is 9.10. The van der Waals surface area contributed by atoms with E-state index in [-0.39, 0.29) is 17.2 Å². The third-order valence-electron chi connectivity index (χ3n) is 4.12. The van der Waals surface area contributed by atoms with Gasteiger partial charge in [0.2, 0.25) is 5.91 Å². The Labute approximate surface area is 179 Å². The number of halogens is 1. The maximum absolute atomic E-state index is 12.9. The van der Waals surface area contributed by atoms with Gasteiger partial charge in [-0.05, 0) is 29.6 Å². The van der Waals surface area contributed by atoms with Crippen molar-refractivity contribution in [2.24, 2.45) is 0 Å². The predicted octanol–water partition coefficient (Wildman–Crippen LogP) is 3.62. The Bertz CT molecular complexity index is 1020. The van der Waals surface area contributed by atoms with Crippen LogP contribution >= 0.6 is 39.0 Å². The van der Waals surface area contributed by atoms with E-state index in [2.05, 4.69) is 20.9 Å². The lowest BCUT2D eigenvalue weighted by Gasteiger charge is -2.17. The molecule has 0 fully saturated rings. The van der Waals surface area contributed by atoms with Crippen LogP contribution in [0.3, 0.4) is 0 Å². The number of amides is 1. The quantitative estimate of drug-likeness (QED) is 0.363. The maximum Gasteiger partial charge on any atom is 0.262 e. The van der Waals surface area contributed by atoms with Crippen molar-refractivity contribution in [3.05, 3.63) is 55.4 Å². The number of thioether (sulfide) groups is 1. The zero-order valence-corrected chi connectivity index (χ0v) is 18.8. The molecular formula is C19H20BrN3O3S2. The largest absolute Gasteiger partial charge is 0.383 e. The van der Waals surface area contributed by atoms with E-state index in [9.17, 15) is 9.59 Å². The van der Waals surface area contributed by atoms with Crippen molar-refractivity contribution in [1.82, 2.24) is 14.5 Å². The average molecular weight is 482 g/mol. The Hall–Kier alpha value is -1.68. The third kappa shape index (κ3) is 5.02. The molecule has 1 aromatic carbocycles. The zero-order valence-electron chi connectivity index (χ0n) is 15.6. The Morgan fingerprint density at radius 2 is 2.21 bits per heavy atom. The number of nitrogens with zero attached hydrogens (tertiary/aromatic N) is 3. The SMILES string of the molecule is COCCn1c(SCC(=O)N(C)Cc2cccs2)nc2ccc(Br)cc2c1=O. The molecule has 0 saturated carbocycles. The van der Waals surface area contributed by atoms with Crippen LogP contribution in [0.1, 0.15) is 4.88 Å². The van der Waals surface area contributed by atoms with E-state index < -0.39 is 0 Å². The van der Waals surface area contributed by atoms with Gasteiger partial charge < -0.3 is 9.64 Å². The molecule has 0 radical (unpaired) electrons. The molecule has 148 valence electrons. The zero-order chi connectivity index (χ0) is 20.1. The number of aromatic nitrogens is 2. The van der Waals surface area contributed by atoms with E-state index in [1.807, 2.05) is 23.6 Å². The van der Waals surface area contributed by atoms with Crippen LogP contribution in [0.5, 0.6) is 0 Å². The highest BCUT2D eigenvalue weighted by Gasteiger charge is 2.16. The molecule has 1 amide bonds. The van der Waals surface area contributed by atoms with Gasteiger partial charge >= 0.3 is 0 Å². The van der Waals surface area contributed by atoms with Gasteiger partial charge in [0.1, 0.15) is 0 Å². The van der Waals surface area contributed by atoms with Crippen LogP contribution in [0.4, 0.5) is 0 Å². The van der Waals surface area contributed by atoms with Crippen molar-refractivity contribution >= 4 is 55.8 Å². The number of hydrogen-bond donors (Lipinski definition) is 0. The van der Waals surface area contributed by atoms with E-state index in [1.54, 1.807) is 47.1 Å². The summed E-state index contributed by atoms with van der Waals surface area (Å²) in [6, 6.07) is 9.40. The number of carbonyl (C=O) groups is 1. The first-order valence-electron chi connectivity index (χ1n) is 8.57. The molecule has 28 heavy (non-hydrogen) atoms. The summed E-state index contributed by atoms with van der Waals surface area (Å²) in [6.07, 6.45) is 0. The van der Waals surface area contributed by atoms with E-state index >= 15 is 0 Å². The highest BCUT2D eigenvalue weighted by Crippen LogP contribution is 2.21. The smallest absolute Gasteiger partial charge is 0.262 e. The number of ether oxygens (including phenoxy) is 1. The number of benzene rings is 1. The van der Waals surface area contributed by atoms with Crippen LogP contribution in [-0.4, -0.2) is 46.9 Å². The summed E-state index contributed by atoms with van der Waals surface area (Å²) in [5.41, 5.74) is 0.481. The molecule has 0 unspecified atom stereocenters. The van der Waals surface area contributed by atoms with Crippen molar-refractivity contribution in [3.63, 3.8) is 0 Å². The minimum absolute atomic E-state index is 0.0122. The van der Waals surface area contributed by atoms with Crippen LogP contribution in [0.15, 0.2) is 50.1 Å². The highest BCUT2D eigenvalue weighted by atomic mass is 79.9. The monoisotopic (exact) mass is 481 g/mol. The minimum Gasteiger partial charge on any atom is -0.383 e. The summed E-state index contributed by atoms with van der Waals surface area (Å²) in [5.74, 6) is 0.199. The lowest BCUT2D eigenvalue weighted by atomic mass is 10.2. The van der Waals surface area contributed by atoms with Crippen molar-refractivity contribution in [1.29, 1.82) is 0 Å². The second-order valence-corrected chi connectivity index (χ2v) is 9.01. The van der Waals surface area contributed by atoms with Crippen molar-refractivity contribution in [3.8, 4) is 0 Å². The second-order valence-electron chi connectivity index (χ2n) is 6.12. The molecule has 2 heterocycles. The normalized spacial score (nSPS) is 11.1. The molecule has 9 heteroatoms. The van der Waals surface area contributed by atoms with Gasteiger partial charge in [0.25, 0.3) is 5.56 Å². The first kappa shape index (κ1) is 21.0. The van der Waals surface area contributed by atoms with Crippen LogP contribution in [0, 0.1) is 0 Å². The summed E-state index contributed by atoms with van der Waals surface area (Å²) in [5, 5.41) is 3.06. The summed E-state index contributed by atoms with van der Waals surface area (Å²) in [7, 11) is 3.37. The standard InChI is InChI=1S/C19H20BrN3O3S2/c1-22(11-14-4-3-9-27-14)17(24)12-28-19-21-16-6-5-13(20)10-15(16)18(25)23(19)7-8-26-2/h3-6,9-10H,7-8,11-12H2,1-2H3. The fourth-order valence-corrected chi connectivity index (χ4v) is 4.71. The van der Waals surface area contributed by atoms with Crippen LogP contribution in [0.25, 0.3) is 10.9 Å². The summed E-state index contributed by atoms with van der Waals surface area (Å²) in [6.45, 7) is 1.35. The van der Waals surface area contributed by atoms with E-state index in [0.717, 1.165) is 9.35 Å². The molecule has 0 aliphatic carbocycles. The van der Waals surface area contributed by atoms with E-state index in [1.165, 1.54) is 11.8 Å². The Kier molecular flexibility index (Phi) is 7.28. The number of hydrogen-bond acceptors (Lipinski definition) is 6. The molecule has 3 rings (SSSR count). The fourth-order valence-electron chi connectivity index (χ4n) is 2.62. The van der Waals surface area contributed by atoms with Gasteiger partial charge in [0.05, 0.1) is 36.4 Å². The summed E-state index contributed by atoms with van der Waals surface area (Å²) < 4.78 is 7.54. The summed E-state index contributed by atoms with van der Waals surface area (Å²) >= 11 is 6.30. The fraction of sp³-hybridized carbons (Fsp3) is 0.316. The Balaban J connectivity index is 1.81. The molecule has 0 saturated heterocycles. The van der Waals surface area contributed by atoms with E-state index in [4.69, 9.17) is 4.74 Å². The van der Waals surface area contributed by atoms with Crippen molar-refractivity contribution in [2.75, 3.05) is 26.5 Å². The van der Waals surface area contributed by atoms with Gasteiger partial charge in [-0.3, -0.25) is 14.2 Å². The van der Waals surface area contributed by atoms with Gasteiger partial charge in [0, 0.05) is 23.5 Å². The molecule has 0 bridgehead atoms. The molecule has 0 spiro atoms. The number of carbonyl (C=O) groups excluding carboxylic acids is 1. The van der Waals surface area contributed by atoms with Crippen LogP contribution < -0.4 is 5.56 Å². The number of methoxy groups -OCH3 is 1. The van der Waals surface area contributed by atoms with Crippen molar-refractivity contribution in [2.45, 2.75) is 18.2 Å². The Morgan fingerprint density at radius 1 is 1.39 bits per heavy atom. The Morgan fingerprint density at radius 3 is 2.93 bits per heavy atom. The third-order valence-corrected chi connectivity index (χ3v) is 6.44. The second kappa shape index (κ2) is 9.69. The van der Waals surface area contributed by atoms with Gasteiger partial charge in [-0.25, -0.2) is 4.98 Å². The predicted molar refractivity (Wildman–Crippen MR) is 117 cm³/mol. The number of thiophene rings is 1. The molecular weight excluding hydrogens is 462 g/mol. The summed E-state index contributed by atoms with van der Waals surface area (Å²) in [4.78, 5) is 32.9. The van der Waals surface area contributed by atoms with Crippen LogP contribution in [0.2, 0.25) is 0 Å². The lowest BCUT2D eigenvalue weighted by molar-refractivity contribution is -0.127. The van der Waals surface area contributed by atoms with Gasteiger partial charge in [0.15, 0.2) is 5.16 Å². The molecule has 0 N–H and O–H groups in total. The molecule has 6 nitrogen and oxygen atoms in total. The average Bonchev–Trinajstić information content (AvgIpc) is 3.19. The minimum atomic E-state index is -0.134. The van der Waals surface area contributed by atoms with Gasteiger partial charge in [-0.1, -0.05) is 33.8 Å². The molecule has 0 aliphatic rings. The number of fused-ring (bicyclic) bond motifs is 1. The molecule has 0 atom stereocenters. The number of rotatable bonds is 8. The molecule has 2 aromatic heterocycles.